The van der Waals surface area contributed by atoms with Crippen LogP contribution in [0.1, 0.15) is 43.9 Å². The average molecular weight is 657 g/mol. The van der Waals surface area contributed by atoms with Crippen molar-refractivity contribution in [1.29, 1.82) is 0 Å². The first-order valence-corrected chi connectivity index (χ1v) is 15.6. The minimum atomic E-state index is -4.56. The van der Waals surface area contributed by atoms with Crippen LogP contribution in [-0.2, 0) is 37.4 Å². The number of likely N-dealkylation sites (N-methyl/N-ethyl adjacent to an activating group) is 1. The molecule has 0 saturated carbocycles. The third-order valence-electron chi connectivity index (χ3n) is 8.62. The second kappa shape index (κ2) is 13.5. The Hall–Kier alpha value is -5.19. The average Bonchev–Trinajstić information content (AvgIpc) is 3.39. The van der Waals surface area contributed by atoms with Crippen molar-refractivity contribution in [2.24, 2.45) is 7.05 Å². The minimum Gasteiger partial charge on any atom is -0.368 e. The van der Waals surface area contributed by atoms with Gasteiger partial charge in [-0.3, -0.25) is 14.5 Å². The lowest BCUT2D eigenvalue weighted by molar-refractivity contribution is -0.138. The molecule has 1 saturated heterocycles. The van der Waals surface area contributed by atoms with Crippen LogP contribution in [0.25, 0.3) is 11.4 Å². The van der Waals surface area contributed by atoms with E-state index in [0.717, 1.165) is 24.8 Å². The number of nitrogens with zero attached hydrogens (tertiary/aromatic N) is 5. The zero-order valence-corrected chi connectivity index (χ0v) is 26.6. The third kappa shape index (κ3) is 7.35. The van der Waals surface area contributed by atoms with Gasteiger partial charge in [0.1, 0.15) is 5.69 Å². The van der Waals surface area contributed by atoms with Crippen molar-refractivity contribution >= 4 is 23.5 Å². The summed E-state index contributed by atoms with van der Waals surface area (Å²) in [6.07, 6.45) is -2.41. The number of hydrogen-bond acceptors (Lipinski definition) is 7. The van der Waals surface area contributed by atoms with Crippen molar-refractivity contribution < 1.29 is 22.8 Å². The summed E-state index contributed by atoms with van der Waals surface area (Å²) in [7, 11) is 3.86. The molecule has 0 spiro atoms. The van der Waals surface area contributed by atoms with Crippen LogP contribution in [0.5, 0.6) is 0 Å². The summed E-state index contributed by atoms with van der Waals surface area (Å²) in [6.45, 7) is 3.73. The number of fused-ring (bicyclic) bond motifs is 1. The maximum atomic E-state index is 14.0. The highest BCUT2D eigenvalue weighted by Crippen LogP contribution is 2.35. The number of rotatable bonds is 6. The van der Waals surface area contributed by atoms with Crippen LogP contribution in [0.15, 0.2) is 54.7 Å². The molecular formula is C35H35F3N8O2. The second-order valence-electron chi connectivity index (χ2n) is 12.1. The highest BCUT2D eigenvalue weighted by atomic mass is 19.4. The largest absolute Gasteiger partial charge is 0.416 e. The second-order valence-corrected chi connectivity index (χ2v) is 12.1. The first-order chi connectivity index (χ1) is 22.9. The van der Waals surface area contributed by atoms with Crippen LogP contribution in [0.3, 0.4) is 0 Å². The molecule has 2 aliphatic rings. The Bertz CT molecular complexity index is 1930. The Balaban J connectivity index is 1.17. The number of carbonyl (C=O) groups is 2. The van der Waals surface area contributed by atoms with E-state index in [4.69, 9.17) is 5.73 Å². The van der Waals surface area contributed by atoms with Crippen LogP contribution >= 0.6 is 0 Å². The van der Waals surface area contributed by atoms with Gasteiger partial charge < -0.3 is 25.8 Å². The number of nitrogen functional groups attached to an aromatic ring is 1. The van der Waals surface area contributed by atoms with E-state index in [0.29, 0.717) is 59.7 Å². The molecule has 0 radical (unpaired) electrons. The SMILES string of the molecule is CN1CCN(Cc2ccc(NC(=O)Cc3cccc(C#Cc4cnc(N)nc4-c4cc5c(n4C)CCNC5=O)c3)cc2C(F)(F)F)CC1. The lowest BCUT2D eigenvalue weighted by Gasteiger charge is -2.33. The standard InChI is InChI=1S/C35H35F3N8O2/c1-44-12-14-46(15-13-44)21-25-8-9-26(18-28(25)35(36,37)38)42-31(47)17-23-5-3-4-22(16-23)6-7-24-20-41-34(39)43-32(24)30-19-27-29(45(30)2)10-11-40-33(27)48/h3-5,8-9,16,18-20H,10-15,17,21H2,1-2H3,(H,40,48)(H,42,47)(H2,39,41,43). The molecule has 2 aromatic heterocycles. The molecule has 4 heterocycles. The van der Waals surface area contributed by atoms with E-state index in [-0.39, 0.29) is 36.1 Å². The Morgan fingerprint density at radius 1 is 1.06 bits per heavy atom. The highest BCUT2D eigenvalue weighted by molar-refractivity contribution is 5.98. The van der Waals surface area contributed by atoms with E-state index in [1.807, 2.05) is 23.6 Å². The number of hydrogen-bond donors (Lipinski definition) is 3. The molecule has 2 aliphatic heterocycles. The summed E-state index contributed by atoms with van der Waals surface area (Å²) in [5, 5.41) is 5.47. The summed E-state index contributed by atoms with van der Waals surface area (Å²) < 4.78 is 44.0. The van der Waals surface area contributed by atoms with Gasteiger partial charge in [-0.2, -0.15) is 13.2 Å². The van der Waals surface area contributed by atoms with Crippen molar-refractivity contribution in [3.8, 4) is 23.2 Å². The van der Waals surface area contributed by atoms with Gasteiger partial charge >= 0.3 is 6.18 Å². The first kappa shape index (κ1) is 32.7. The topological polar surface area (TPSA) is 121 Å². The van der Waals surface area contributed by atoms with Crippen LogP contribution in [0, 0.1) is 11.8 Å². The Morgan fingerprint density at radius 3 is 2.60 bits per heavy atom. The molecule has 0 unspecified atom stereocenters. The van der Waals surface area contributed by atoms with E-state index in [2.05, 4.69) is 37.3 Å². The van der Waals surface area contributed by atoms with Crippen LogP contribution in [0.4, 0.5) is 24.8 Å². The summed E-state index contributed by atoms with van der Waals surface area (Å²) >= 11 is 0. The minimum absolute atomic E-state index is 0.0624. The lowest BCUT2D eigenvalue weighted by atomic mass is 10.0. The fraction of sp³-hybridized carbons (Fsp3) is 0.314. The maximum absolute atomic E-state index is 14.0. The quantitative estimate of drug-likeness (QED) is 0.271. The van der Waals surface area contributed by atoms with Gasteiger partial charge in [-0.25, -0.2) is 9.97 Å². The Kier molecular flexibility index (Phi) is 9.21. The maximum Gasteiger partial charge on any atom is 0.416 e. The number of anilines is 2. The summed E-state index contributed by atoms with van der Waals surface area (Å²) in [5.74, 6) is 5.65. The van der Waals surface area contributed by atoms with E-state index in [1.165, 1.54) is 18.3 Å². The number of alkyl halides is 3. The van der Waals surface area contributed by atoms with Crippen molar-refractivity contribution in [3.05, 3.63) is 93.8 Å². The van der Waals surface area contributed by atoms with Crippen molar-refractivity contribution in [2.75, 3.05) is 50.8 Å². The predicted octanol–water partition coefficient (Wildman–Crippen LogP) is 3.70. The zero-order chi connectivity index (χ0) is 34.0. The molecule has 1 fully saturated rings. The molecule has 2 aromatic carbocycles. The van der Waals surface area contributed by atoms with Crippen LogP contribution in [-0.4, -0.2) is 75.9 Å². The van der Waals surface area contributed by atoms with E-state index >= 15 is 0 Å². The first-order valence-electron chi connectivity index (χ1n) is 15.6. The molecule has 4 aromatic rings. The molecule has 0 aliphatic carbocycles. The predicted molar refractivity (Wildman–Crippen MR) is 176 cm³/mol. The molecule has 0 bridgehead atoms. The van der Waals surface area contributed by atoms with Crippen LogP contribution < -0.4 is 16.4 Å². The van der Waals surface area contributed by atoms with Gasteiger partial charge in [0.05, 0.1) is 28.8 Å². The highest BCUT2D eigenvalue weighted by Gasteiger charge is 2.34. The summed E-state index contributed by atoms with van der Waals surface area (Å²) in [5.41, 5.74) is 9.83. The molecule has 4 N–H and O–H groups in total. The zero-order valence-electron chi connectivity index (χ0n) is 26.6. The number of aromatic nitrogens is 3. The number of nitrogens with one attached hydrogen (secondary N) is 2. The van der Waals surface area contributed by atoms with Gasteiger partial charge in [0.15, 0.2) is 0 Å². The molecule has 0 atom stereocenters. The van der Waals surface area contributed by atoms with Crippen molar-refractivity contribution in [2.45, 2.75) is 25.6 Å². The van der Waals surface area contributed by atoms with E-state index < -0.39 is 17.6 Å². The fourth-order valence-electron chi connectivity index (χ4n) is 6.03. The molecule has 48 heavy (non-hydrogen) atoms. The molecule has 2 amide bonds. The number of carbonyl (C=O) groups excluding carboxylic acids is 2. The number of amides is 2. The normalized spacial score (nSPS) is 15.3. The van der Waals surface area contributed by atoms with Gasteiger partial charge in [0, 0.05) is 75.9 Å². The molecule has 10 nitrogen and oxygen atoms in total. The van der Waals surface area contributed by atoms with Gasteiger partial charge in [0.25, 0.3) is 5.91 Å². The third-order valence-corrected chi connectivity index (χ3v) is 8.62. The molecule has 6 rings (SSSR count). The van der Waals surface area contributed by atoms with Crippen LogP contribution in [0.2, 0.25) is 0 Å². The fourth-order valence-corrected chi connectivity index (χ4v) is 6.03. The summed E-state index contributed by atoms with van der Waals surface area (Å²) in [4.78, 5) is 38.0. The van der Waals surface area contributed by atoms with Gasteiger partial charge in [0.2, 0.25) is 11.9 Å². The number of halogens is 3. The molecule has 248 valence electrons. The Labute approximate surface area is 276 Å². The van der Waals surface area contributed by atoms with Crippen molar-refractivity contribution in [3.63, 3.8) is 0 Å². The lowest BCUT2D eigenvalue weighted by Crippen LogP contribution is -2.44. The number of nitrogens with two attached hydrogens (primary N) is 1. The van der Waals surface area contributed by atoms with Gasteiger partial charge in [-0.1, -0.05) is 30.0 Å². The smallest absolute Gasteiger partial charge is 0.368 e. The molecule has 13 heteroatoms. The van der Waals surface area contributed by atoms with Gasteiger partial charge in [-0.15, -0.1) is 0 Å². The monoisotopic (exact) mass is 656 g/mol. The Morgan fingerprint density at radius 2 is 1.85 bits per heavy atom. The molecular weight excluding hydrogens is 621 g/mol. The summed E-state index contributed by atoms with van der Waals surface area (Å²) in [6, 6.07) is 12.8. The number of piperazine rings is 1. The number of benzene rings is 2. The van der Waals surface area contributed by atoms with E-state index in [1.54, 1.807) is 30.3 Å². The van der Waals surface area contributed by atoms with Crippen molar-refractivity contribution in [1.82, 2.24) is 29.7 Å². The van der Waals surface area contributed by atoms with E-state index in [9.17, 15) is 22.8 Å². The van der Waals surface area contributed by atoms with Gasteiger partial charge in [-0.05, 0) is 48.5 Å².